The average Bonchev–Trinajstić information content (AvgIpc) is 3.10. The van der Waals surface area contributed by atoms with E-state index in [0.29, 0.717) is 18.3 Å². The van der Waals surface area contributed by atoms with Crippen molar-refractivity contribution in [3.8, 4) is 5.75 Å². The van der Waals surface area contributed by atoms with E-state index in [1.54, 1.807) is 0 Å². The maximum Gasteiger partial charge on any atom is 0.412 e. The van der Waals surface area contributed by atoms with Crippen molar-refractivity contribution in [3.05, 3.63) is 29.3 Å². The van der Waals surface area contributed by atoms with Gasteiger partial charge < -0.3 is 10.1 Å². The van der Waals surface area contributed by atoms with Crippen LogP contribution in [0.3, 0.4) is 0 Å². The Morgan fingerprint density at radius 1 is 1.27 bits per heavy atom. The molecular formula is C22H34N2O2. The van der Waals surface area contributed by atoms with Gasteiger partial charge in [0, 0.05) is 18.0 Å². The van der Waals surface area contributed by atoms with Gasteiger partial charge in [-0.1, -0.05) is 52.5 Å². The summed E-state index contributed by atoms with van der Waals surface area (Å²) in [6.07, 6.45) is 7.91. The highest BCUT2D eigenvalue weighted by molar-refractivity contribution is 5.70. The van der Waals surface area contributed by atoms with E-state index in [0.717, 1.165) is 19.4 Å². The zero-order valence-electron chi connectivity index (χ0n) is 16.6. The Morgan fingerprint density at radius 2 is 2.08 bits per heavy atom. The standard InChI is InChI=1S/C22H34N2O2/c1-4-6-7-8-9-13-23-21(25)26-18-11-10-17-15-20-22(3,19(17)16-18)12-14-24(20)5-2/h10-11,16,20H,4-9,12-15H2,1-3H3,(H,23,25)/t20-,22+/m1/s1. The fourth-order valence-corrected chi connectivity index (χ4v) is 4.75. The third kappa shape index (κ3) is 3.90. The second kappa shape index (κ2) is 8.43. The minimum Gasteiger partial charge on any atom is -0.410 e. The van der Waals surface area contributed by atoms with Crippen molar-refractivity contribution in [3.63, 3.8) is 0 Å². The van der Waals surface area contributed by atoms with E-state index in [1.807, 2.05) is 6.07 Å². The number of unbranched alkanes of at least 4 members (excludes halogenated alkanes) is 4. The van der Waals surface area contributed by atoms with Crippen LogP contribution < -0.4 is 10.1 Å². The third-order valence-corrected chi connectivity index (χ3v) is 6.37. The molecule has 0 unspecified atom stereocenters. The fraction of sp³-hybridized carbons (Fsp3) is 0.682. The highest BCUT2D eigenvalue weighted by Crippen LogP contribution is 2.48. The number of amides is 1. The number of rotatable bonds is 8. The van der Waals surface area contributed by atoms with Crippen LogP contribution in [0.2, 0.25) is 0 Å². The van der Waals surface area contributed by atoms with Crippen molar-refractivity contribution < 1.29 is 9.53 Å². The molecule has 1 N–H and O–H groups in total. The average molecular weight is 359 g/mol. The van der Waals surface area contributed by atoms with Crippen LogP contribution in [-0.4, -0.2) is 36.7 Å². The first-order valence-electron chi connectivity index (χ1n) is 10.4. The number of likely N-dealkylation sites (N-methyl/N-ethyl adjacent to an activating group) is 1. The van der Waals surface area contributed by atoms with E-state index in [4.69, 9.17) is 4.74 Å². The normalized spacial score (nSPS) is 24.3. The van der Waals surface area contributed by atoms with Crippen molar-refractivity contribution in [1.82, 2.24) is 10.2 Å². The Bertz CT molecular complexity index is 631. The second-order valence-electron chi connectivity index (χ2n) is 8.07. The van der Waals surface area contributed by atoms with Crippen molar-refractivity contribution in [1.29, 1.82) is 0 Å². The van der Waals surface area contributed by atoms with E-state index < -0.39 is 0 Å². The SMILES string of the molecule is CCCCCCCNC(=O)Oc1ccc2c(c1)[C@]1(C)CCN(CC)[C@@H]1C2. The van der Waals surface area contributed by atoms with Gasteiger partial charge in [-0.2, -0.15) is 0 Å². The summed E-state index contributed by atoms with van der Waals surface area (Å²) in [7, 11) is 0. The molecule has 1 aliphatic heterocycles. The molecule has 3 rings (SSSR count). The third-order valence-electron chi connectivity index (χ3n) is 6.37. The lowest BCUT2D eigenvalue weighted by atomic mass is 9.80. The molecule has 0 aromatic heterocycles. The fourth-order valence-electron chi connectivity index (χ4n) is 4.75. The van der Waals surface area contributed by atoms with Gasteiger partial charge in [0.05, 0.1) is 0 Å². The van der Waals surface area contributed by atoms with Gasteiger partial charge in [-0.05, 0) is 55.6 Å². The Hall–Kier alpha value is -1.55. The van der Waals surface area contributed by atoms with Crippen LogP contribution in [0.4, 0.5) is 4.79 Å². The molecule has 1 aromatic carbocycles. The Morgan fingerprint density at radius 3 is 2.85 bits per heavy atom. The number of nitrogens with zero attached hydrogens (tertiary/aromatic N) is 1. The summed E-state index contributed by atoms with van der Waals surface area (Å²) in [5.41, 5.74) is 2.99. The predicted molar refractivity (Wildman–Crippen MR) is 106 cm³/mol. The molecule has 1 heterocycles. The summed E-state index contributed by atoms with van der Waals surface area (Å²) in [4.78, 5) is 14.7. The molecule has 1 fully saturated rings. The van der Waals surface area contributed by atoms with E-state index in [-0.39, 0.29) is 11.5 Å². The van der Waals surface area contributed by atoms with E-state index in [2.05, 4.69) is 43.1 Å². The summed E-state index contributed by atoms with van der Waals surface area (Å²) in [6, 6.07) is 6.80. The number of carbonyl (C=O) groups excluding carboxylic acids is 1. The Kier molecular flexibility index (Phi) is 6.23. The Labute approximate surface area is 158 Å². The van der Waals surface area contributed by atoms with Gasteiger partial charge in [0.1, 0.15) is 5.75 Å². The second-order valence-corrected chi connectivity index (χ2v) is 8.07. The molecule has 1 aliphatic carbocycles. The van der Waals surface area contributed by atoms with Gasteiger partial charge in [-0.3, -0.25) is 4.90 Å². The van der Waals surface area contributed by atoms with Crippen LogP contribution in [0.25, 0.3) is 0 Å². The van der Waals surface area contributed by atoms with Crippen LogP contribution >= 0.6 is 0 Å². The molecule has 2 aliphatic rings. The first-order chi connectivity index (χ1) is 12.6. The number of nitrogens with one attached hydrogen (secondary N) is 1. The van der Waals surface area contributed by atoms with Crippen LogP contribution in [0.1, 0.15) is 70.4 Å². The largest absolute Gasteiger partial charge is 0.412 e. The number of ether oxygens (including phenoxy) is 1. The molecule has 4 nitrogen and oxygen atoms in total. The molecule has 2 atom stereocenters. The van der Waals surface area contributed by atoms with Gasteiger partial charge in [0.2, 0.25) is 0 Å². The zero-order chi connectivity index (χ0) is 18.6. The molecule has 4 heteroatoms. The van der Waals surface area contributed by atoms with Crippen LogP contribution in [-0.2, 0) is 11.8 Å². The Balaban J connectivity index is 1.55. The molecule has 0 radical (unpaired) electrons. The molecule has 0 bridgehead atoms. The van der Waals surface area contributed by atoms with Crippen molar-refractivity contribution in [2.45, 2.75) is 77.2 Å². The van der Waals surface area contributed by atoms with E-state index >= 15 is 0 Å². The summed E-state index contributed by atoms with van der Waals surface area (Å²) in [6.45, 7) is 9.80. The summed E-state index contributed by atoms with van der Waals surface area (Å²) in [5.74, 6) is 0.670. The zero-order valence-corrected chi connectivity index (χ0v) is 16.6. The minimum atomic E-state index is -0.332. The van der Waals surface area contributed by atoms with E-state index in [1.165, 1.54) is 49.8 Å². The maximum atomic E-state index is 12.1. The van der Waals surface area contributed by atoms with Crippen molar-refractivity contribution >= 4 is 6.09 Å². The number of fused-ring (bicyclic) bond motifs is 3. The van der Waals surface area contributed by atoms with Crippen molar-refractivity contribution in [2.24, 2.45) is 0 Å². The molecular weight excluding hydrogens is 324 g/mol. The van der Waals surface area contributed by atoms with Gasteiger partial charge >= 0.3 is 6.09 Å². The maximum absolute atomic E-state index is 12.1. The first kappa shape index (κ1) is 19.2. The number of hydrogen-bond acceptors (Lipinski definition) is 3. The highest BCUT2D eigenvalue weighted by Gasteiger charge is 2.49. The molecule has 1 amide bonds. The topological polar surface area (TPSA) is 41.6 Å². The van der Waals surface area contributed by atoms with Gasteiger partial charge in [0.25, 0.3) is 0 Å². The summed E-state index contributed by atoms with van der Waals surface area (Å²) < 4.78 is 5.55. The van der Waals surface area contributed by atoms with Crippen LogP contribution in [0.5, 0.6) is 5.75 Å². The number of hydrogen-bond donors (Lipinski definition) is 1. The predicted octanol–water partition coefficient (Wildman–Crippen LogP) is 4.65. The van der Waals surface area contributed by atoms with Crippen molar-refractivity contribution in [2.75, 3.05) is 19.6 Å². The highest BCUT2D eigenvalue weighted by atomic mass is 16.6. The van der Waals surface area contributed by atoms with E-state index in [9.17, 15) is 4.79 Å². The van der Waals surface area contributed by atoms with Crippen LogP contribution in [0.15, 0.2) is 18.2 Å². The lowest BCUT2D eigenvalue weighted by Crippen LogP contribution is -2.37. The minimum absolute atomic E-state index is 0.195. The molecule has 0 spiro atoms. The number of benzene rings is 1. The molecule has 26 heavy (non-hydrogen) atoms. The van der Waals surface area contributed by atoms with Gasteiger partial charge in [-0.15, -0.1) is 0 Å². The lowest BCUT2D eigenvalue weighted by Gasteiger charge is -2.29. The van der Waals surface area contributed by atoms with Gasteiger partial charge in [-0.25, -0.2) is 4.79 Å². The molecule has 1 saturated heterocycles. The van der Waals surface area contributed by atoms with Gasteiger partial charge in [0.15, 0.2) is 0 Å². The molecule has 1 aromatic rings. The smallest absolute Gasteiger partial charge is 0.410 e. The number of carbonyl (C=O) groups is 1. The monoisotopic (exact) mass is 358 g/mol. The lowest BCUT2D eigenvalue weighted by molar-refractivity contribution is 0.200. The summed E-state index contributed by atoms with van der Waals surface area (Å²) in [5, 5.41) is 2.88. The first-order valence-corrected chi connectivity index (χ1v) is 10.4. The molecule has 0 saturated carbocycles. The molecule has 144 valence electrons. The quantitative estimate of drug-likeness (QED) is 0.688. The summed E-state index contributed by atoms with van der Waals surface area (Å²) >= 11 is 0. The van der Waals surface area contributed by atoms with Crippen LogP contribution in [0, 0.1) is 0 Å². The number of likely N-dealkylation sites (tertiary alicyclic amines) is 1.